The van der Waals surface area contributed by atoms with Crippen molar-refractivity contribution in [1.82, 2.24) is 4.98 Å². The molecule has 0 amide bonds. The minimum Gasteiger partial charge on any atom is -0.476 e. The fourth-order valence-corrected chi connectivity index (χ4v) is 1.84. The van der Waals surface area contributed by atoms with Crippen molar-refractivity contribution in [2.75, 3.05) is 0 Å². The molecule has 1 N–H and O–H groups in total. The van der Waals surface area contributed by atoms with Crippen molar-refractivity contribution in [1.29, 1.82) is 0 Å². The van der Waals surface area contributed by atoms with Gasteiger partial charge in [-0.2, -0.15) is 4.99 Å². The molecule has 1 rings (SSSR count). The van der Waals surface area contributed by atoms with Crippen LogP contribution in [0.4, 0.5) is 0 Å². The van der Waals surface area contributed by atoms with Crippen molar-refractivity contribution in [3.8, 4) is 0 Å². The Hall–Kier alpha value is -1.52. The number of aliphatic imine (C=N–C) groups is 1. The lowest BCUT2D eigenvalue weighted by atomic mass is 10.2. The number of carboxylic acid groups (broad SMARTS) is 1. The number of carbonyl (C=O) groups excluding carboxylic acids is 1. The van der Waals surface area contributed by atoms with Gasteiger partial charge in [0.25, 0.3) is 0 Å². The zero-order chi connectivity index (χ0) is 10.6. The highest BCUT2D eigenvalue weighted by atomic mass is 32.1. The van der Waals surface area contributed by atoms with E-state index in [0.29, 0.717) is 11.4 Å². The molecule has 0 saturated carbocycles. The third-order valence-corrected chi connectivity index (χ3v) is 2.57. The highest BCUT2D eigenvalue weighted by molar-refractivity contribution is 7.09. The van der Waals surface area contributed by atoms with E-state index in [1.807, 2.05) is 6.92 Å². The maximum atomic E-state index is 10.5. The van der Waals surface area contributed by atoms with E-state index in [-0.39, 0.29) is 11.7 Å². The lowest BCUT2D eigenvalue weighted by Crippen LogP contribution is -1.98. The molecule has 1 unspecified atom stereocenters. The summed E-state index contributed by atoms with van der Waals surface area (Å²) >= 11 is 1.19. The van der Waals surface area contributed by atoms with Gasteiger partial charge in [0.05, 0.1) is 0 Å². The smallest absolute Gasteiger partial charge is 0.355 e. The lowest BCUT2D eigenvalue weighted by Gasteiger charge is -2.00. The second-order valence-electron chi connectivity index (χ2n) is 2.52. The first-order chi connectivity index (χ1) is 6.69. The zero-order valence-electron chi connectivity index (χ0n) is 7.43. The molecule has 0 saturated heterocycles. The third-order valence-electron chi connectivity index (χ3n) is 1.62. The molecule has 6 heteroatoms. The Balaban J connectivity index is 2.94. The SMILES string of the molecule is CCC(N=C=O)c1nc(C(=O)O)cs1. The fourth-order valence-electron chi connectivity index (χ4n) is 0.924. The summed E-state index contributed by atoms with van der Waals surface area (Å²) in [5.41, 5.74) is -0.00968. The molecule has 0 fully saturated rings. The molecule has 14 heavy (non-hydrogen) atoms. The molecular weight excluding hydrogens is 204 g/mol. The van der Waals surface area contributed by atoms with Gasteiger partial charge in [-0.05, 0) is 6.42 Å². The van der Waals surface area contributed by atoms with Gasteiger partial charge in [-0.3, -0.25) is 0 Å². The molecule has 74 valence electrons. The van der Waals surface area contributed by atoms with Crippen LogP contribution in [-0.4, -0.2) is 22.1 Å². The van der Waals surface area contributed by atoms with E-state index >= 15 is 0 Å². The van der Waals surface area contributed by atoms with Crippen molar-refractivity contribution < 1.29 is 14.7 Å². The monoisotopic (exact) mass is 212 g/mol. The summed E-state index contributed by atoms with van der Waals surface area (Å²) in [6.45, 7) is 1.84. The van der Waals surface area contributed by atoms with Gasteiger partial charge in [0.1, 0.15) is 11.0 Å². The van der Waals surface area contributed by atoms with Crippen molar-refractivity contribution in [2.24, 2.45) is 4.99 Å². The molecule has 0 aliphatic carbocycles. The van der Waals surface area contributed by atoms with Crippen LogP contribution in [0.5, 0.6) is 0 Å². The van der Waals surface area contributed by atoms with Gasteiger partial charge < -0.3 is 5.11 Å². The number of carboxylic acids is 1. The van der Waals surface area contributed by atoms with Crippen molar-refractivity contribution in [3.05, 3.63) is 16.1 Å². The second kappa shape index (κ2) is 4.64. The molecule has 1 aromatic rings. The van der Waals surface area contributed by atoms with Crippen molar-refractivity contribution >= 4 is 23.4 Å². The highest BCUT2D eigenvalue weighted by Crippen LogP contribution is 2.23. The van der Waals surface area contributed by atoms with Gasteiger partial charge in [0.2, 0.25) is 6.08 Å². The summed E-state index contributed by atoms with van der Waals surface area (Å²) in [7, 11) is 0. The van der Waals surface area contributed by atoms with Crippen molar-refractivity contribution in [2.45, 2.75) is 19.4 Å². The predicted octanol–water partition coefficient (Wildman–Crippen LogP) is 1.63. The Morgan fingerprint density at radius 2 is 2.57 bits per heavy atom. The van der Waals surface area contributed by atoms with Gasteiger partial charge in [0, 0.05) is 5.38 Å². The van der Waals surface area contributed by atoms with Crippen LogP contribution >= 0.6 is 11.3 Å². The molecule has 1 atom stereocenters. The maximum Gasteiger partial charge on any atom is 0.355 e. The molecular formula is C8H8N2O3S. The Morgan fingerprint density at radius 3 is 3.00 bits per heavy atom. The van der Waals surface area contributed by atoms with Gasteiger partial charge in [-0.1, -0.05) is 6.92 Å². The van der Waals surface area contributed by atoms with Crippen LogP contribution in [0, 0.1) is 0 Å². The zero-order valence-corrected chi connectivity index (χ0v) is 8.24. The van der Waals surface area contributed by atoms with E-state index in [2.05, 4.69) is 9.98 Å². The second-order valence-corrected chi connectivity index (χ2v) is 3.41. The van der Waals surface area contributed by atoms with Gasteiger partial charge in [-0.15, -0.1) is 11.3 Å². The van der Waals surface area contributed by atoms with E-state index in [4.69, 9.17) is 5.11 Å². The van der Waals surface area contributed by atoms with Crippen LogP contribution in [-0.2, 0) is 4.79 Å². The summed E-state index contributed by atoms with van der Waals surface area (Å²) in [6.07, 6.45) is 2.05. The number of hydrogen-bond acceptors (Lipinski definition) is 5. The molecule has 0 bridgehead atoms. The first-order valence-electron chi connectivity index (χ1n) is 3.94. The Morgan fingerprint density at radius 1 is 1.86 bits per heavy atom. The topological polar surface area (TPSA) is 79.6 Å². The lowest BCUT2D eigenvalue weighted by molar-refractivity contribution is 0.0691. The van der Waals surface area contributed by atoms with Gasteiger partial charge in [0.15, 0.2) is 5.69 Å². The standard InChI is InChI=1S/C8H8N2O3S/c1-2-5(9-4-11)7-10-6(3-14-7)8(12)13/h3,5H,2H2,1H3,(H,12,13). The summed E-state index contributed by atoms with van der Waals surface area (Å²) in [4.78, 5) is 28.0. The highest BCUT2D eigenvalue weighted by Gasteiger charge is 2.15. The van der Waals surface area contributed by atoms with Crippen molar-refractivity contribution in [3.63, 3.8) is 0 Å². The Labute approximate surface area is 84.1 Å². The van der Waals surface area contributed by atoms with Crippen LogP contribution in [0.15, 0.2) is 10.4 Å². The van der Waals surface area contributed by atoms with E-state index in [0.717, 1.165) is 0 Å². The van der Waals surface area contributed by atoms with E-state index in [1.165, 1.54) is 22.8 Å². The number of rotatable bonds is 4. The Bertz CT molecular complexity index is 382. The molecule has 1 heterocycles. The van der Waals surface area contributed by atoms with Gasteiger partial charge >= 0.3 is 5.97 Å². The number of thiazole rings is 1. The number of isocyanates is 1. The summed E-state index contributed by atoms with van der Waals surface area (Å²) in [6, 6.07) is -0.370. The number of nitrogens with zero attached hydrogens (tertiary/aromatic N) is 2. The van der Waals surface area contributed by atoms with Crippen LogP contribution in [0.1, 0.15) is 34.9 Å². The average molecular weight is 212 g/mol. The number of aromatic nitrogens is 1. The molecule has 0 aliphatic heterocycles. The quantitative estimate of drug-likeness (QED) is 0.607. The van der Waals surface area contributed by atoms with Gasteiger partial charge in [-0.25, -0.2) is 14.6 Å². The normalized spacial score (nSPS) is 11.8. The molecule has 0 aromatic carbocycles. The van der Waals surface area contributed by atoms with E-state index in [1.54, 1.807) is 0 Å². The molecule has 1 aromatic heterocycles. The number of carbonyl (C=O) groups is 1. The maximum absolute atomic E-state index is 10.5. The largest absolute Gasteiger partial charge is 0.476 e. The molecule has 0 spiro atoms. The minimum absolute atomic E-state index is 0.00968. The minimum atomic E-state index is -1.07. The number of hydrogen-bond donors (Lipinski definition) is 1. The average Bonchev–Trinajstić information content (AvgIpc) is 2.63. The Kier molecular flexibility index (Phi) is 3.50. The van der Waals surface area contributed by atoms with Crippen LogP contribution in [0.2, 0.25) is 0 Å². The summed E-state index contributed by atoms with van der Waals surface area (Å²) in [5.74, 6) is -1.07. The first-order valence-corrected chi connectivity index (χ1v) is 4.82. The molecule has 0 aliphatic rings. The molecule has 0 radical (unpaired) electrons. The van der Waals surface area contributed by atoms with Crippen LogP contribution < -0.4 is 0 Å². The predicted molar refractivity (Wildman–Crippen MR) is 50.2 cm³/mol. The fraction of sp³-hybridized carbons (Fsp3) is 0.375. The van der Waals surface area contributed by atoms with Crippen LogP contribution in [0.25, 0.3) is 0 Å². The summed E-state index contributed by atoms with van der Waals surface area (Å²) in [5, 5.41) is 10.6. The first kappa shape index (κ1) is 10.6. The van der Waals surface area contributed by atoms with Crippen LogP contribution in [0.3, 0.4) is 0 Å². The van der Waals surface area contributed by atoms with E-state index in [9.17, 15) is 9.59 Å². The van der Waals surface area contributed by atoms with E-state index < -0.39 is 5.97 Å². The number of aromatic carboxylic acids is 1. The molecule has 5 nitrogen and oxygen atoms in total. The summed E-state index contributed by atoms with van der Waals surface area (Å²) < 4.78 is 0. The third kappa shape index (κ3) is 2.25.